The van der Waals surface area contributed by atoms with E-state index >= 15 is 0 Å². The van der Waals surface area contributed by atoms with E-state index in [1.165, 1.54) is 12.1 Å². The number of imide groups is 1. The molecule has 0 aromatic heterocycles. The van der Waals surface area contributed by atoms with Crippen molar-refractivity contribution >= 4 is 75.8 Å². The number of hydrogen-bond donors (Lipinski definition) is 4. The van der Waals surface area contributed by atoms with Gasteiger partial charge in [-0.3, -0.25) is 23.2 Å². The number of nitrogens with one attached hydrogen (secondary N) is 1. The van der Waals surface area contributed by atoms with Crippen LogP contribution in [0, 0.1) is 0 Å². The lowest BCUT2D eigenvalue weighted by Crippen LogP contribution is -2.31. The van der Waals surface area contributed by atoms with E-state index in [0.717, 1.165) is 109 Å². The maximum Gasteiger partial charge on any atom is 0.425 e. The van der Waals surface area contributed by atoms with Gasteiger partial charge in [0.25, 0.3) is 42.2 Å². The molecule has 2 aromatic carbocycles. The van der Waals surface area contributed by atoms with E-state index in [9.17, 15) is 53.3 Å². The number of carbonyl (C=O) groups excluding carboxylic acids is 3. The molecule has 4 N–H and O–H groups in total. The van der Waals surface area contributed by atoms with Crippen LogP contribution in [0.1, 0.15) is 154 Å². The standard InChI is InChI=1S/C53H72N4O13S3.O3S/c1-52(2)42-22-12-13-23-44(42)55(34-15-17-36-71(61,62)63)46(52)29-25-39-20-19-21-40(51(39)54-33-14-10-8-6-5-7-9-11-24-50(60)70-57-48(58)31-32-49(57)59)26-30-47-53(3,4)43-38-41(73(67,68)69)27-28-45(43)56(47)35-16-18-37-72(64,65)66;1-4(2)3/h12-13,22-23,25-30,38H,5-11,14-21,24,31-37H2,1-4H3,(H3,61,62,63,64,65,66,67,68,69);/p+1/b40-26+,47-30+;. The third-order valence-corrected chi connectivity index (χ3v) is 16.7. The normalized spacial score (nSPS) is 18.3. The number of rotatable bonds is 27. The second-order valence-electron chi connectivity index (χ2n) is 20.7. The smallest absolute Gasteiger partial charge is 0.385 e. The van der Waals surface area contributed by atoms with Crippen molar-refractivity contribution in [2.24, 2.45) is 0 Å². The summed E-state index contributed by atoms with van der Waals surface area (Å²) in [7, 11) is -15.9. The summed E-state index contributed by atoms with van der Waals surface area (Å²) in [5, 5.41) is 4.40. The van der Waals surface area contributed by atoms with Crippen molar-refractivity contribution in [1.29, 1.82) is 0 Å². The highest BCUT2D eigenvalue weighted by molar-refractivity contribution is 7.86. The van der Waals surface area contributed by atoms with Gasteiger partial charge >= 0.3 is 16.6 Å². The molecule has 3 aliphatic heterocycles. The molecule has 2 amide bonds. The number of hydroxylamine groups is 2. The number of benzene rings is 2. The molecule has 4 aliphatic rings. The topological polar surface area (TPSA) is 296 Å². The Morgan fingerprint density at radius 2 is 1.31 bits per heavy atom. The fourth-order valence-corrected chi connectivity index (χ4v) is 12.0. The SMILES string of the molecule is CC1(C)C(/C=C/C2=C(NCCCCCCCCCCC(=O)ON3C(=O)CCC3=O)C(=C/C=C3/N(CCCCS(=O)(=O)O)c4ccc(S(=O)(=O)O)cc4C3(C)C)/CCC2)=[N+](CCCCS(=O)(=O)O)c2ccccc21.O=S(=O)=O. The molecule has 6 rings (SSSR count). The van der Waals surface area contributed by atoms with Crippen molar-refractivity contribution in [1.82, 2.24) is 10.4 Å². The van der Waals surface area contributed by atoms with Gasteiger partial charge in [0.2, 0.25) is 5.69 Å². The highest BCUT2D eigenvalue weighted by Gasteiger charge is 2.44. The van der Waals surface area contributed by atoms with Crippen molar-refractivity contribution in [3.8, 4) is 0 Å². The molecule has 1 aliphatic carbocycles. The predicted octanol–water partition coefficient (Wildman–Crippen LogP) is 7.95. The van der Waals surface area contributed by atoms with E-state index in [1.807, 2.05) is 26.0 Å². The van der Waals surface area contributed by atoms with Crippen molar-refractivity contribution in [3.05, 3.63) is 100 Å². The van der Waals surface area contributed by atoms with Crippen molar-refractivity contribution in [2.45, 2.75) is 159 Å². The largest absolute Gasteiger partial charge is 0.425 e. The fraction of sp³-hybridized carbons (Fsp3) is 0.547. The zero-order chi connectivity index (χ0) is 56.8. The lowest BCUT2D eigenvalue weighted by Gasteiger charge is -2.28. The summed E-state index contributed by atoms with van der Waals surface area (Å²) in [5.74, 6) is -2.24. The van der Waals surface area contributed by atoms with Crippen LogP contribution in [-0.4, -0.2) is 116 Å². The third kappa shape index (κ3) is 18.1. The van der Waals surface area contributed by atoms with Crippen LogP contribution in [0.2, 0.25) is 0 Å². The van der Waals surface area contributed by atoms with E-state index in [0.29, 0.717) is 55.9 Å². The molecule has 1 fully saturated rings. The van der Waals surface area contributed by atoms with Gasteiger partial charge in [0.15, 0.2) is 5.71 Å². The van der Waals surface area contributed by atoms with Crippen LogP contribution in [0.25, 0.3) is 0 Å². The minimum atomic E-state index is -4.50. The molecule has 1 saturated heterocycles. The zero-order valence-corrected chi connectivity index (χ0v) is 47.5. The van der Waals surface area contributed by atoms with Crippen LogP contribution in [0.15, 0.2) is 94.2 Å². The van der Waals surface area contributed by atoms with Gasteiger partial charge in [-0.05, 0) is 106 Å². The summed E-state index contributed by atoms with van der Waals surface area (Å²) in [4.78, 5) is 42.4. The zero-order valence-electron chi connectivity index (χ0n) is 44.2. The predicted molar refractivity (Wildman–Crippen MR) is 290 cm³/mol. The van der Waals surface area contributed by atoms with Gasteiger partial charge in [-0.15, -0.1) is 17.7 Å². The molecule has 0 bridgehead atoms. The van der Waals surface area contributed by atoms with Crippen molar-refractivity contribution in [2.75, 3.05) is 36.0 Å². The molecule has 20 nitrogen and oxygen atoms in total. The van der Waals surface area contributed by atoms with Crippen LogP contribution in [0.3, 0.4) is 0 Å². The van der Waals surface area contributed by atoms with Gasteiger partial charge in [0.1, 0.15) is 6.54 Å². The van der Waals surface area contributed by atoms with Crippen molar-refractivity contribution in [3.63, 3.8) is 0 Å². The first-order valence-corrected chi connectivity index (χ1v) is 31.7. The second-order valence-corrected chi connectivity index (χ2v) is 25.7. The minimum absolute atomic E-state index is 0.0629. The molecule has 3 heterocycles. The van der Waals surface area contributed by atoms with E-state index in [-0.39, 0.29) is 47.5 Å². The number of hydrogen-bond acceptors (Lipinski definition) is 15. The maximum absolute atomic E-state index is 12.3. The number of para-hydroxylation sites is 1. The Bertz CT molecular complexity index is 3120. The summed E-state index contributed by atoms with van der Waals surface area (Å²) >= 11 is 0. The first-order chi connectivity index (χ1) is 36.1. The Hall–Kier alpha value is -5.37. The maximum atomic E-state index is 12.3. The van der Waals surface area contributed by atoms with Gasteiger partial charge < -0.3 is 15.1 Å². The first-order valence-electron chi connectivity index (χ1n) is 26.1. The number of anilines is 1. The van der Waals surface area contributed by atoms with Crippen LogP contribution >= 0.6 is 0 Å². The Balaban J connectivity index is 0.00000264. The van der Waals surface area contributed by atoms with Crippen LogP contribution in [-0.2, 0) is 71.0 Å². The number of allylic oxidation sites excluding steroid dienone is 7. The van der Waals surface area contributed by atoms with Crippen LogP contribution < -0.4 is 10.2 Å². The Labute approximate surface area is 454 Å². The van der Waals surface area contributed by atoms with Gasteiger partial charge in [0.05, 0.1) is 21.8 Å². The summed E-state index contributed by atoms with van der Waals surface area (Å²) in [6.45, 7) is 10.0. The minimum Gasteiger partial charge on any atom is -0.385 e. The van der Waals surface area contributed by atoms with Gasteiger partial charge in [0, 0.05) is 79.0 Å². The molecule has 0 spiro atoms. The average Bonchev–Trinajstić information content (AvgIpc) is 3.85. The highest BCUT2D eigenvalue weighted by Crippen LogP contribution is 2.49. The lowest BCUT2D eigenvalue weighted by atomic mass is 9.81. The van der Waals surface area contributed by atoms with Crippen LogP contribution in [0.5, 0.6) is 0 Å². The highest BCUT2D eigenvalue weighted by atomic mass is 32.2. The molecule has 0 atom stereocenters. The molecule has 2 aromatic rings. The van der Waals surface area contributed by atoms with E-state index in [2.05, 4.69) is 65.1 Å². The van der Waals surface area contributed by atoms with Gasteiger partial charge in [-0.25, -0.2) is 4.79 Å². The molecule has 0 saturated carbocycles. The molecular formula is C53H73N4O16S4+. The molecule has 24 heteroatoms. The summed E-state index contributed by atoms with van der Waals surface area (Å²) < 4.78 is 127. The first kappa shape index (κ1) is 62.5. The number of amides is 2. The number of fused-ring (bicyclic) bond motifs is 2. The van der Waals surface area contributed by atoms with E-state index in [1.54, 1.807) is 6.07 Å². The molecule has 424 valence electrons. The Morgan fingerprint density at radius 1 is 0.714 bits per heavy atom. The van der Waals surface area contributed by atoms with Crippen LogP contribution in [0.4, 0.5) is 11.4 Å². The number of nitrogens with zero attached hydrogens (tertiary/aromatic N) is 3. The summed E-state index contributed by atoms with van der Waals surface area (Å²) in [6, 6.07) is 12.7. The summed E-state index contributed by atoms with van der Waals surface area (Å²) in [5.41, 5.74) is 7.71. The van der Waals surface area contributed by atoms with Gasteiger partial charge in [-0.2, -0.15) is 29.8 Å². The molecular weight excluding hydrogens is 1080 g/mol. The monoisotopic (exact) mass is 1150 g/mol. The fourth-order valence-electron chi connectivity index (χ4n) is 10.4. The molecule has 0 unspecified atom stereocenters. The quantitative estimate of drug-likeness (QED) is 0.0285. The number of unbranched alkanes of at least 4 members (excludes halogenated alkanes) is 9. The third-order valence-electron chi connectivity index (χ3n) is 14.3. The Kier molecular flexibility index (Phi) is 22.3. The lowest BCUT2D eigenvalue weighted by molar-refractivity contribution is -0.438. The van der Waals surface area contributed by atoms with Gasteiger partial charge in [-0.1, -0.05) is 82.7 Å². The second kappa shape index (κ2) is 27.5. The number of carbonyl (C=O) groups is 3. The molecule has 77 heavy (non-hydrogen) atoms. The summed E-state index contributed by atoms with van der Waals surface area (Å²) in [6.07, 6.45) is 20.2. The van der Waals surface area contributed by atoms with E-state index < -0.39 is 64.2 Å². The average molecular weight is 1150 g/mol. The Morgan fingerprint density at radius 3 is 1.94 bits per heavy atom. The molecule has 0 radical (unpaired) electrons. The van der Waals surface area contributed by atoms with E-state index in [4.69, 9.17) is 17.5 Å². The van der Waals surface area contributed by atoms with Crippen molar-refractivity contribution < 1.29 is 75.3 Å².